The normalized spacial score (nSPS) is 11.2. The Bertz CT molecular complexity index is 447. The van der Waals surface area contributed by atoms with Gasteiger partial charge in [-0.15, -0.1) is 0 Å². The summed E-state index contributed by atoms with van der Waals surface area (Å²) in [6.07, 6.45) is 0.952. The molecule has 0 heterocycles. The Kier molecular flexibility index (Phi) is 7.19. The van der Waals surface area contributed by atoms with Gasteiger partial charge in [-0.3, -0.25) is 4.79 Å². The van der Waals surface area contributed by atoms with Gasteiger partial charge in [0.25, 0.3) is 0 Å². The van der Waals surface area contributed by atoms with Gasteiger partial charge in [0.05, 0.1) is 13.7 Å². The lowest BCUT2D eigenvalue weighted by molar-refractivity contribution is -0.115. The summed E-state index contributed by atoms with van der Waals surface area (Å²) < 4.78 is 10.2. The molecule has 0 unspecified atom stereocenters. The zero-order valence-electron chi connectivity index (χ0n) is 13.4. The first-order valence-corrected chi connectivity index (χ1v) is 7.10. The highest BCUT2D eigenvalue weighted by atomic mass is 16.5. The van der Waals surface area contributed by atoms with Crippen molar-refractivity contribution in [2.45, 2.75) is 20.3 Å². The number of nitrogens with one attached hydrogen (secondary N) is 2. The smallest absolute Gasteiger partial charge is 0.238 e. The third-order valence-corrected chi connectivity index (χ3v) is 3.23. The van der Waals surface area contributed by atoms with E-state index in [4.69, 9.17) is 9.47 Å². The highest BCUT2D eigenvalue weighted by Gasteiger charge is 2.17. The predicted octanol–water partition coefficient (Wildman–Crippen LogP) is 2.29. The number of ether oxygens (including phenoxy) is 2. The van der Waals surface area contributed by atoms with Crippen molar-refractivity contribution in [3.05, 3.63) is 24.3 Å². The van der Waals surface area contributed by atoms with E-state index in [1.54, 1.807) is 20.3 Å². The molecular weight excluding hydrogens is 268 g/mol. The van der Waals surface area contributed by atoms with Crippen molar-refractivity contribution >= 4 is 11.6 Å². The number of methoxy groups -OCH3 is 2. The average Bonchev–Trinajstić information content (AvgIpc) is 2.45. The summed E-state index contributed by atoms with van der Waals surface area (Å²) in [6.45, 7) is 6.08. The van der Waals surface area contributed by atoms with Gasteiger partial charge in [-0.25, -0.2) is 0 Å². The maximum Gasteiger partial charge on any atom is 0.238 e. The Morgan fingerprint density at radius 2 is 2.05 bits per heavy atom. The van der Waals surface area contributed by atoms with Crippen LogP contribution in [0.3, 0.4) is 0 Å². The molecule has 118 valence electrons. The fourth-order valence-electron chi connectivity index (χ4n) is 1.89. The number of anilines is 1. The molecule has 0 saturated heterocycles. The molecule has 1 rings (SSSR count). The van der Waals surface area contributed by atoms with Crippen LogP contribution in [0.25, 0.3) is 0 Å². The van der Waals surface area contributed by atoms with Crippen LogP contribution >= 0.6 is 0 Å². The van der Waals surface area contributed by atoms with Gasteiger partial charge in [-0.1, -0.05) is 19.9 Å². The Balaban J connectivity index is 2.33. The minimum atomic E-state index is -0.0641. The van der Waals surface area contributed by atoms with E-state index in [2.05, 4.69) is 24.5 Å². The van der Waals surface area contributed by atoms with Crippen LogP contribution in [0.15, 0.2) is 24.3 Å². The Morgan fingerprint density at radius 3 is 2.71 bits per heavy atom. The van der Waals surface area contributed by atoms with E-state index in [0.29, 0.717) is 0 Å². The molecule has 0 fully saturated rings. The third-order valence-electron chi connectivity index (χ3n) is 3.23. The quantitative estimate of drug-likeness (QED) is 0.733. The molecule has 0 atom stereocenters. The van der Waals surface area contributed by atoms with Gasteiger partial charge in [0.15, 0.2) is 0 Å². The lowest BCUT2D eigenvalue weighted by atomic mass is 9.90. The second-order valence-electron chi connectivity index (χ2n) is 5.79. The topological polar surface area (TPSA) is 59.6 Å². The molecule has 0 bridgehead atoms. The van der Waals surface area contributed by atoms with E-state index in [1.165, 1.54) is 0 Å². The molecule has 5 nitrogen and oxygen atoms in total. The van der Waals surface area contributed by atoms with Crippen LogP contribution in [0.4, 0.5) is 5.69 Å². The lowest BCUT2D eigenvalue weighted by Gasteiger charge is -2.24. The molecule has 0 aliphatic heterocycles. The van der Waals surface area contributed by atoms with Gasteiger partial charge in [0, 0.05) is 32.0 Å². The molecule has 0 aliphatic carbocycles. The molecule has 0 saturated carbocycles. The second kappa shape index (κ2) is 8.64. The molecule has 1 amide bonds. The zero-order valence-corrected chi connectivity index (χ0v) is 13.4. The summed E-state index contributed by atoms with van der Waals surface area (Å²) in [4.78, 5) is 11.9. The highest BCUT2D eigenvalue weighted by molar-refractivity contribution is 5.92. The first-order chi connectivity index (χ1) is 9.96. The fourth-order valence-corrected chi connectivity index (χ4v) is 1.89. The van der Waals surface area contributed by atoms with Crippen LogP contribution in [-0.2, 0) is 9.53 Å². The second-order valence-corrected chi connectivity index (χ2v) is 5.79. The molecule has 2 N–H and O–H groups in total. The number of hydrogen-bond donors (Lipinski definition) is 2. The number of carbonyl (C=O) groups excluding carboxylic acids is 1. The molecule has 0 radical (unpaired) electrons. The largest absolute Gasteiger partial charge is 0.497 e. The van der Waals surface area contributed by atoms with Gasteiger partial charge in [0.2, 0.25) is 5.91 Å². The van der Waals surface area contributed by atoms with Crippen molar-refractivity contribution < 1.29 is 14.3 Å². The Labute approximate surface area is 127 Å². The number of carbonyl (C=O) groups is 1. The van der Waals surface area contributed by atoms with Crippen molar-refractivity contribution in [2.24, 2.45) is 5.41 Å². The zero-order chi connectivity index (χ0) is 15.7. The summed E-state index contributed by atoms with van der Waals surface area (Å²) >= 11 is 0. The van der Waals surface area contributed by atoms with E-state index >= 15 is 0 Å². The first kappa shape index (κ1) is 17.5. The lowest BCUT2D eigenvalue weighted by Crippen LogP contribution is -2.35. The molecule has 1 aromatic carbocycles. The van der Waals surface area contributed by atoms with Crippen LogP contribution < -0.4 is 15.4 Å². The van der Waals surface area contributed by atoms with Gasteiger partial charge in [0.1, 0.15) is 5.75 Å². The highest BCUT2D eigenvalue weighted by Crippen LogP contribution is 2.19. The van der Waals surface area contributed by atoms with Crippen molar-refractivity contribution in [3.8, 4) is 5.75 Å². The van der Waals surface area contributed by atoms with Crippen LogP contribution in [0.1, 0.15) is 20.3 Å². The van der Waals surface area contributed by atoms with Crippen LogP contribution in [0.5, 0.6) is 5.75 Å². The Morgan fingerprint density at radius 1 is 1.29 bits per heavy atom. The predicted molar refractivity (Wildman–Crippen MR) is 84.8 cm³/mol. The molecule has 1 aromatic rings. The van der Waals surface area contributed by atoms with Crippen LogP contribution in [-0.4, -0.2) is 39.8 Å². The third kappa shape index (κ3) is 7.11. The minimum Gasteiger partial charge on any atom is -0.497 e. The molecule has 5 heteroatoms. The number of hydrogen-bond acceptors (Lipinski definition) is 4. The van der Waals surface area contributed by atoms with Crippen molar-refractivity contribution in [1.29, 1.82) is 0 Å². The standard InChI is InChI=1S/C16H26N2O3/c1-16(2,8-9-20-3)12-17-11-15(19)18-13-6-5-7-14(10-13)21-4/h5-7,10,17H,8-9,11-12H2,1-4H3,(H,18,19). The summed E-state index contributed by atoms with van der Waals surface area (Å²) in [6, 6.07) is 7.31. The van der Waals surface area contributed by atoms with Gasteiger partial charge in [-0.2, -0.15) is 0 Å². The summed E-state index contributed by atoms with van der Waals surface area (Å²) in [7, 11) is 3.30. The first-order valence-electron chi connectivity index (χ1n) is 7.10. The maximum absolute atomic E-state index is 11.9. The number of rotatable bonds is 9. The summed E-state index contributed by atoms with van der Waals surface area (Å²) in [5.74, 6) is 0.659. The fraction of sp³-hybridized carbons (Fsp3) is 0.562. The molecule has 0 spiro atoms. The van der Waals surface area contributed by atoms with E-state index < -0.39 is 0 Å². The van der Waals surface area contributed by atoms with E-state index in [1.807, 2.05) is 18.2 Å². The van der Waals surface area contributed by atoms with Crippen molar-refractivity contribution in [3.63, 3.8) is 0 Å². The van der Waals surface area contributed by atoms with Crippen molar-refractivity contribution in [2.75, 3.05) is 39.2 Å². The van der Waals surface area contributed by atoms with Crippen molar-refractivity contribution in [1.82, 2.24) is 5.32 Å². The van der Waals surface area contributed by atoms with Gasteiger partial charge >= 0.3 is 0 Å². The van der Waals surface area contributed by atoms with Crippen LogP contribution in [0.2, 0.25) is 0 Å². The summed E-state index contributed by atoms with van der Waals surface area (Å²) in [5.41, 5.74) is 0.839. The monoisotopic (exact) mass is 294 g/mol. The van der Waals surface area contributed by atoms with E-state index in [0.717, 1.165) is 31.0 Å². The van der Waals surface area contributed by atoms with Gasteiger partial charge in [-0.05, 0) is 24.0 Å². The maximum atomic E-state index is 11.9. The SMILES string of the molecule is COCCC(C)(C)CNCC(=O)Nc1cccc(OC)c1. The summed E-state index contributed by atoms with van der Waals surface area (Å²) in [5, 5.41) is 6.02. The average molecular weight is 294 g/mol. The van der Waals surface area contributed by atoms with E-state index in [-0.39, 0.29) is 17.9 Å². The molecule has 0 aliphatic rings. The minimum absolute atomic E-state index is 0.0641. The molecular formula is C16H26N2O3. The van der Waals surface area contributed by atoms with Crippen LogP contribution in [0, 0.1) is 5.41 Å². The number of amides is 1. The van der Waals surface area contributed by atoms with E-state index in [9.17, 15) is 4.79 Å². The number of benzene rings is 1. The Hall–Kier alpha value is -1.59. The molecule has 0 aromatic heterocycles. The van der Waals surface area contributed by atoms with Gasteiger partial charge < -0.3 is 20.1 Å². The molecule has 21 heavy (non-hydrogen) atoms.